The second-order valence-corrected chi connectivity index (χ2v) is 9.44. The van der Waals surface area contributed by atoms with Crippen LogP contribution in [-0.2, 0) is 4.79 Å². The van der Waals surface area contributed by atoms with Crippen LogP contribution in [-0.4, -0.2) is 45.7 Å². The van der Waals surface area contributed by atoms with Crippen LogP contribution in [0.5, 0.6) is 11.5 Å². The Morgan fingerprint density at radius 2 is 1.85 bits per heavy atom. The Kier molecular flexibility index (Phi) is 8.07. The van der Waals surface area contributed by atoms with Crippen LogP contribution >= 0.6 is 12.2 Å². The number of amides is 1. The van der Waals surface area contributed by atoms with E-state index in [1.54, 1.807) is 13.3 Å². The van der Waals surface area contributed by atoms with Gasteiger partial charge in [0.05, 0.1) is 37.2 Å². The summed E-state index contributed by atoms with van der Waals surface area (Å²) < 4.78 is 13.1. The molecular formula is C30H31N5O3S. The maximum Gasteiger partial charge on any atom is 0.226 e. The second kappa shape index (κ2) is 12.0. The standard InChI is InChI=1S/C30H31N5O3S/c1-3-38-22-15-13-21(14-16-22)34-19-8-11-25(34)29-28(24-10-6-7-18-31-24)33-30(39)35(29)20-17-27(36)32-23-9-4-5-12-26(23)37-2/h4-16,18-19,28-29H,3,17,20H2,1-2H3,(H,32,36)(H,33,39)/t28-,29-/m1/s1. The van der Waals surface area contributed by atoms with Crippen LogP contribution in [0.25, 0.3) is 5.69 Å². The van der Waals surface area contributed by atoms with Crippen LogP contribution in [0.3, 0.4) is 0 Å². The number of benzene rings is 2. The van der Waals surface area contributed by atoms with Gasteiger partial charge < -0.3 is 29.6 Å². The first-order chi connectivity index (χ1) is 19.1. The van der Waals surface area contributed by atoms with E-state index >= 15 is 0 Å². The zero-order valence-corrected chi connectivity index (χ0v) is 22.7. The lowest BCUT2D eigenvalue weighted by atomic mass is 10.0. The highest BCUT2D eigenvalue weighted by Gasteiger charge is 2.41. The largest absolute Gasteiger partial charge is 0.495 e. The third kappa shape index (κ3) is 5.73. The molecule has 0 saturated carbocycles. The molecule has 0 spiro atoms. The highest BCUT2D eigenvalue weighted by atomic mass is 32.1. The first-order valence-corrected chi connectivity index (χ1v) is 13.3. The van der Waals surface area contributed by atoms with Crippen LogP contribution in [0.4, 0.5) is 5.69 Å². The number of carbonyl (C=O) groups is 1. The lowest BCUT2D eigenvalue weighted by Crippen LogP contribution is -2.33. The van der Waals surface area contributed by atoms with E-state index in [2.05, 4.69) is 31.2 Å². The topological polar surface area (TPSA) is 80.7 Å². The van der Waals surface area contributed by atoms with E-state index in [0.717, 1.165) is 22.8 Å². The Balaban J connectivity index is 1.42. The molecule has 39 heavy (non-hydrogen) atoms. The molecule has 2 aromatic heterocycles. The van der Waals surface area contributed by atoms with Crippen molar-refractivity contribution in [2.75, 3.05) is 25.6 Å². The summed E-state index contributed by atoms with van der Waals surface area (Å²) in [5.41, 5.74) is 3.56. The fraction of sp³-hybridized carbons (Fsp3) is 0.233. The molecule has 1 saturated heterocycles. The van der Waals surface area contributed by atoms with Crippen molar-refractivity contribution in [1.82, 2.24) is 19.8 Å². The molecule has 0 bridgehead atoms. The number of methoxy groups -OCH3 is 1. The van der Waals surface area contributed by atoms with Crippen LogP contribution in [0.1, 0.15) is 36.8 Å². The third-order valence-electron chi connectivity index (χ3n) is 6.67. The average Bonchev–Trinajstić information content (AvgIpc) is 3.57. The molecule has 3 heterocycles. The predicted octanol–water partition coefficient (Wildman–Crippen LogP) is 5.28. The number of nitrogens with zero attached hydrogens (tertiary/aromatic N) is 3. The van der Waals surface area contributed by atoms with Gasteiger partial charge in [-0.15, -0.1) is 0 Å². The maximum absolute atomic E-state index is 13.0. The minimum atomic E-state index is -0.188. The molecule has 0 unspecified atom stereocenters. The fourth-order valence-corrected chi connectivity index (χ4v) is 5.22. The summed E-state index contributed by atoms with van der Waals surface area (Å²) in [6.07, 6.45) is 4.06. The van der Waals surface area contributed by atoms with E-state index in [9.17, 15) is 4.79 Å². The van der Waals surface area contributed by atoms with Crippen molar-refractivity contribution in [3.63, 3.8) is 0 Å². The van der Waals surface area contributed by atoms with Crippen molar-refractivity contribution < 1.29 is 14.3 Å². The van der Waals surface area contributed by atoms with Gasteiger partial charge in [-0.05, 0) is 79.8 Å². The van der Waals surface area contributed by atoms with Crippen molar-refractivity contribution in [2.45, 2.75) is 25.4 Å². The number of carbonyl (C=O) groups excluding carboxylic acids is 1. The summed E-state index contributed by atoms with van der Waals surface area (Å²) in [7, 11) is 1.58. The van der Waals surface area contributed by atoms with E-state index in [1.165, 1.54) is 0 Å². The second-order valence-electron chi connectivity index (χ2n) is 9.05. The molecule has 5 rings (SSSR count). The summed E-state index contributed by atoms with van der Waals surface area (Å²) in [5.74, 6) is 1.32. The van der Waals surface area contributed by atoms with Crippen molar-refractivity contribution in [3.8, 4) is 17.2 Å². The van der Waals surface area contributed by atoms with Crippen LogP contribution < -0.4 is 20.1 Å². The summed E-state index contributed by atoms with van der Waals surface area (Å²) in [6, 6.07) is 25.0. The van der Waals surface area contributed by atoms with Gasteiger partial charge in [-0.25, -0.2) is 0 Å². The number of hydrogen-bond donors (Lipinski definition) is 2. The number of pyridine rings is 1. The summed E-state index contributed by atoms with van der Waals surface area (Å²) in [5, 5.41) is 7.01. The number of para-hydroxylation sites is 2. The quantitative estimate of drug-likeness (QED) is 0.264. The number of aromatic nitrogens is 2. The summed E-state index contributed by atoms with van der Waals surface area (Å²) in [4.78, 5) is 19.7. The third-order valence-corrected chi connectivity index (χ3v) is 7.02. The number of ether oxygens (including phenoxy) is 2. The van der Waals surface area contributed by atoms with Gasteiger partial charge in [-0.1, -0.05) is 18.2 Å². The first-order valence-electron chi connectivity index (χ1n) is 12.9. The molecule has 0 aliphatic carbocycles. The first kappa shape index (κ1) is 26.2. The minimum Gasteiger partial charge on any atom is -0.495 e. The predicted molar refractivity (Wildman–Crippen MR) is 155 cm³/mol. The van der Waals surface area contributed by atoms with Gasteiger partial charge in [0, 0.05) is 36.7 Å². The van der Waals surface area contributed by atoms with Crippen molar-refractivity contribution in [3.05, 3.63) is 103 Å². The fourth-order valence-electron chi connectivity index (χ4n) is 4.89. The van der Waals surface area contributed by atoms with E-state index in [4.69, 9.17) is 21.7 Å². The average molecular weight is 542 g/mol. The molecule has 4 aromatic rings. The molecule has 8 nitrogen and oxygen atoms in total. The van der Waals surface area contributed by atoms with E-state index in [0.29, 0.717) is 29.7 Å². The van der Waals surface area contributed by atoms with Crippen molar-refractivity contribution in [1.29, 1.82) is 0 Å². The van der Waals surface area contributed by atoms with E-state index < -0.39 is 0 Å². The lowest BCUT2D eigenvalue weighted by Gasteiger charge is -2.29. The molecular weight excluding hydrogens is 510 g/mol. The van der Waals surface area contributed by atoms with Crippen LogP contribution in [0.15, 0.2) is 91.3 Å². The molecule has 1 amide bonds. The SMILES string of the molecule is CCOc1ccc(-n2cccc2[C@@H]2[C@@H](c3ccccn3)NC(=S)N2CCC(=O)Nc2ccccc2OC)cc1. The van der Waals surface area contributed by atoms with Gasteiger partial charge in [-0.3, -0.25) is 9.78 Å². The lowest BCUT2D eigenvalue weighted by molar-refractivity contribution is -0.116. The molecule has 1 fully saturated rings. The zero-order chi connectivity index (χ0) is 27.2. The van der Waals surface area contributed by atoms with Gasteiger partial charge in [0.1, 0.15) is 11.5 Å². The molecule has 0 radical (unpaired) electrons. The van der Waals surface area contributed by atoms with Crippen molar-refractivity contribution >= 4 is 28.9 Å². The smallest absolute Gasteiger partial charge is 0.226 e. The molecule has 2 aromatic carbocycles. The monoisotopic (exact) mass is 541 g/mol. The van der Waals surface area contributed by atoms with Crippen LogP contribution in [0, 0.1) is 0 Å². The molecule has 2 atom stereocenters. The number of thiocarbonyl (C=S) groups is 1. The van der Waals surface area contributed by atoms with Gasteiger partial charge in [0.15, 0.2) is 5.11 Å². The molecule has 1 aliphatic rings. The van der Waals surface area contributed by atoms with E-state index in [1.807, 2.05) is 85.9 Å². The Morgan fingerprint density at radius 3 is 2.59 bits per heavy atom. The maximum atomic E-state index is 13.0. The Labute approximate surface area is 233 Å². The number of nitrogens with one attached hydrogen (secondary N) is 2. The van der Waals surface area contributed by atoms with E-state index in [-0.39, 0.29) is 24.4 Å². The zero-order valence-electron chi connectivity index (χ0n) is 21.9. The molecule has 200 valence electrons. The van der Waals surface area contributed by atoms with Gasteiger partial charge in [0.2, 0.25) is 5.91 Å². The molecule has 9 heteroatoms. The molecule has 2 N–H and O–H groups in total. The highest BCUT2D eigenvalue weighted by Crippen LogP contribution is 2.39. The Bertz CT molecular complexity index is 1420. The number of anilines is 1. The number of rotatable bonds is 10. The Morgan fingerprint density at radius 1 is 1.05 bits per heavy atom. The molecule has 1 aliphatic heterocycles. The minimum absolute atomic E-state index is 0.121. The summed E-state index contributed by atoms with van der Waals surface area (Å²) >= 11 is 5.81. The number of hydrogen-bond acceptors (Lipinski definition) is 5. The van der Waals surface area contributed by atoms with Crippen LogP contribution in [0.2, 0.25) is 0 Å². The Hall–Kier alpha value is -4.37. The normalized spacial score (nSPS) is 16.6. The van der Waals surface area contributed by atoms with Gasteiger partial charge in [-0.2, -0.15) is 0 Å². The van der Waals surface area contributed by atoms with Gasteiger partial charge in [0.25, 0.3) is 0 Å². The summed E-state index contributed by atoms with van der Waals surface area (Å²) in [6.45, 7) is 3.01. The van der Waals surface area contributed by atoms with Crippen molar-refractivity contribution in [2.24, 2.45) is 0 Å². The van der Waals surface area contributed by atoms with Gasteiger partial charge >= 0.3 is 0 Å². The highest BCUT2D eigenvalue weighted by molar-refractivity contribution is 7.80.